The quantitative estimate of drug-likeness (QED) is 0.0915. The highest BCUT2D eigenvalue weighted by atomic mass is 32.1. The molecule has 0 spiro atoms. The smallest absolute Gasteiger partial charge is 0.419 e. The number of thiophene rings is 2. The van der Waals surface area contributed by atoms with Crippen molar-refractivity contribution in [2.45, 2.75) is 13.2 Å². The van der Waals surface area contributed by atoms with Crippen molar-refractivity contribution in [2.75, 3.05) is 0 Å². The van der Waals surface area contributed by atoms with E-state index < -0.39 is 58.6 Å². The topological polar surface area (TPSA) is 131 Å². The number of benzene rings is 5. The molecule has 66 heavy (non-hydrogen) atoms. The Morgan fingerprint density at radius 1 is 0.470 bits per heavy atom. The number of rotatable bonds is 6. The molecule has 5 aromatic carbocycles. The summed E-state index contributed by atoms with van der Waals surface area (Å²) in [7, 11) is 0. The number of hydrogen-bond acceptors (Lipinski definition) is 10. The summed E-state index contributed by atoms with van der Waals surface area (Å²) < 4.78 is 71.8. The van der Waals surface area contributed by atoms with E-state index in [-0.39, 0.29) is 46.6 Å². The van der Waals surface area contributed by atoms with E-state index in [0.29, 0.717) is 87.4 Å². The third kappa shape index (κ3) is 6.43. The van der Waals surface area contributed by atoms with Gasteiger partial charge in [-0.25, -0.2) is 36.3 Å². The molecule has 0 bridgehead atoms. The van der Waals surface area contributed by atoms with Crippen LogP contribution in [0.5, 0.6) is 0 Å². The van der Waals surface area contributed by atoms with Crippen LogP contribution in [0.15, 0.2) is 120 Å². The minimum atomic E-state index is -1.28. The molecule has 0 N–H and O–H groups in total. The standard InChI is InChI=1S/C50H24F4N2O8S2/c51-35-15-27-28(16-36(35)52)44(58)33(43(27)57)11-25-13-41-47(65-25)31-20-40-32(19-39(31)55(41)49(61)63-21-23-7-3-1-4-8-23)48-42(56(40)50(62)64-22-24-9-5-2-6-10-24)14-26(66-48)12-34-45(59)29-17-37(53)38(54)18-30(29)46(34)60/h1-20H,21-22H2. The van der Waals surface area contributed by atoms with Gasteiger partial charge in [0.05, 0.1) is 42.6 Å². The van der Waals surface area contributed by atoms with E-state index in [1.54, 1.807) is 72.8 Å². The molecular weight excluding hydrogens is 897 g/mol. The SMILES string of the molecule is O=C1C(=Cc2cc3c(s2)c2cc4c(cc2n3C(=O)OCc2ccccc2)c2sc(C=C3C(=O)c5cc(F)c(F)cc5C3=O)cc2n4C(=O)OCc2ccccc2)C(=O)c2cc(F)c(F)cc21. The summed E-state index contributed by atoms with van der Waals surface area (Å²) >= 11 is 2.23. The van der Waals surface area contributed by atoms with Crippen molar-refractivity contribution >= 4 is 112 Å². The fraction of sp³-hybridized carbons (Fsp3) is 0.0400. The first-order valence-corrected chi connectivity index (χ1v) is 21.6. The molecule has 0 atom stereocenters. The molecule has 0 saturated heterocycles. The zero-order chi connectivity index (χ0) is 45.7. The molecular formula is C50H24F4N2O8S2. The molecule has 0 aliphatic heterocycles. The van der Waals surface area contributed by atoms with Gasteiger partial charge in [0.25, 0.3) is 0 Å². The van der Waals surface area contributed by atoms with Crippen LogP contribution < -0.4 is 0 Å². The van der Waals surface area contributed by atoms with Gasteiger partial charge in [-0.15, -0.1) is 22.7 Å². The van der Waals surface area contributed by atoms with Crippen molar-refractivity contribution in [1.29, 1.82) is 0 Å². The van der Waals surface area contributed by atoms with Crippen LogP contribution in [0, 0.1) is 23.3 Å². The van der Waals surface area contributed by atoms with Crippen LogP contribution in [0.2, 0.25) is 0 Å². The molecule has 0 radical (unpaired) electrons. The molecule has 4 aromatic heterocycles. The van der Waals surface area contributed by atoms with Crippen LogP contribution in [0.3, 0.4) is 0 Å². The summed E-state index contributed by atoms with van der Waals surface area (Å²) in [6.07, 6.45) is 1.02. The second-order valence-corrected chi connectivity index (χ2v) is 17.6. The highest BCUT2D eigenvalue weighted by Gasteiger charge is 2.37. The first-order chi connectivity index (χ1) is 31.8. The zero-order valence-electron chi connectivity index (χ0n) is 33.4. The Kier molecular flexibility index (Phi) is 9.42. The minimum Gasteiger partial charge on any atom is -0.444 e. The van der Waals surface area contributed by atoms with Gasteiger partial charge in [0.1, 0.15) is 13.2 Å². The third-order valence-corrected chi connectivity index (χ3v) is 13.7. The Morgan fingerprint density at radius 2 is 0.803 bits per heavy atom. The second kappa shape index (κ2) is 15.3. The molecule has 322 valence electrons. The summed E-state index contributed by atoms with van der Waals surface area (Å²) in [5.74, 6) is -8.27. The van der Waals surface area contributed by atoms with Gasteiger partial charge in [-0.3, -0.25) is 19.2 Å². The highest BCUT2D eigenvalue weighted by Crippen LogP contribution is 2.44. The Morgan fingerprint density at radius 3 is 1.14 bits per heavy atom. The van der Waals surface area contributed by atoms with E-state index in [9.17, 15) is 46.3 Å². The fourth-order valence-electron chi connectivity index (χ4n) is 8.37. The number of Topliss-reactive ketones (excluding diaryl/α,β-unsaturated/α-hetero) is 4. The van der Waals surface area contributed by atoms with Crippen LogP contribution in [-0.2, 0) is 22.7 Å². The van der Waals surface area contributed by atoms with Gasteiger partial charge >= 0.3 is 12.2 Å². The lowest BCUT2D eigenvalue weighted by Crippen LogP contribution is -2.14. The molecule has 11 rings (SSSR count). The summed E-state index contributed by atoms with van der Waals surface area (Å²) in [6.45, 7) is -0.203. The van der Waals surface area contributed by atoms with Gasteiger partial charge in [-0.05, 0) is 71.8 Å². The molecule has 0 fully saturated rings. The monoisotopic (exact) mass is 920 g/mol. The molecule has 0 amide bonds. The number of ether oxygens (including phenoxy) is 2. The molecule has 9 aromatic rings. The molecule has 16 heteroatoms. The van der Waals surface area contributed by atoms with E-state index in [4.69, 9.17) is 9.47 Å². The normalized spacial score (nSPS) is 13.5. The second-order valence-electron chi connectivity index (χ2n) is 15.4. The van der Waals surface area contributed by atoms with Crippen molar-refractivity contribution in [3.8, 4) is 0 Å². The first-order valence-electron chi connectivity index (χ1n) is 19.9. The number of nitrogens with zero attached hydrogens (tertiary/aromatic N) is 2. The van der Waals surface area contributed by atoms with Crippen LogP contribution in [0.4, 0.5) is 27.2 Å². The van der Waals surface area contributed by atoms with Gasteiger partial charge in [0.2, 0.25) is 0 Å². The van der Waals surface area contributed by atoms with Gasteiger partial charge < -0.3 is 9.47 Å². The summed E-state index contributed by atoms with van der Waals surface area (Å²) in [5, 5.41) is 0.925. The first kappa shape index (κ1) is 40.7. The van der Waals surface area contributed by atoms with E-state index in [1.165, 1.54) is 21.3 Å². The maximum atomic E-state index is 14.3. The Hall–Kier alpha value is -8.08. The number of hydrogen-bond donors (Lipinski definition) is 0. The van der Waals surface area contributed by atoms with Crippen LogP contribution in [0.25, 0.3) is 54.4 Å². The fourth-order valence-corrected chi connectivity index (χ4v) is 10.6. The average Bonchev–Trinajstić information content (AvgIpc) is 4.13. The van der Waals surface area contributed by atoms with Crippen molar-refractivity contribution < 1.29 is 55.8 Å². The number of ketones is 4. The maximum absolute atomic E-state index is 14.3. The van der Waals surface area contributed by atoms with Crippen molar-refractivity contribution in [1.82, 2.24) is 9.13 Å². The predicted octanol–water partition coefficient (Wildman–Crippen LogP) is 11.9. The predicted molar refractivity (Wildman–Crippen MR) is 238 cm³/mol. The molecule has 4 heterocycles. The summed E-state index contributed by atoms with van der Waals surface area (Å²) in [5.41, 5.74) is 0.984. The van der Waals surface area contributed by atoms with Gasteiger partial charge in [-0.1, -0.05) is 60.7 Å². The number of halogens is 4. The average molecular weight is 921 g/mol. The Labute approximate surface area is 375 Å². The van der Waals surface area contributed by atoms with Crippen LogP contribution in [-0.4, -0.2) is 44.5 Å². The van der Waals surface area contributed by atoms with E-state index in [0.717, 1.165) is 22.7 Å². The van der Waals surface area contributed by atoms with Crippen molar-refractivity contribution in [2.24, 2.45) is 0 Å². The Bertz CT molecular complexity index is 3430. The highest BCUT2D eigenvalue weighted by molar-refractivity contribution is 7.21. The van der Waals surface area contributed by atoms with E-state index in [1.807, 2.05) is 12.1 Å². The number of carbonyl (C=O) groups excluding carboxylic acids is 6. The largest absolute Gasteiger partial charge is 0.444 e. The summed E-state index contributed by atoms with van der Waals surface area (Å²) in [6, 6.07) is 27.2. The van der Waals surface area contributed by atoms with Crippen molar-refractivity contribution in [3.05, 3.63) is 187 Å². The Balaban J connectivity index is 1.09. The van der Waals surface area contributed by atoms with Gasteiger partial charge in [0.15, 0.2) is 46.4 Å². The number of aromatic nitrogens is 2. The third-order valence-electron chi connectivity index (χ3n) is 11.5. The summed E-state index contributed by atoms with van der Waals surface area (Å²) in [4.78, 5) is 82.6. The minimum absolute atomic E-state index is 0.101. The lowest BCUT2D eigenvalue weighted by molar-refractivity contribution is 0.0975. The number of fused-ring (bicyclic) bond motifs is 8. The van der Waals surface area contributed by atoms with Gasteiger partial charge in [0, 0.05) is 42.8 Å². The van der Waals surface area contributed by atoms with Gasteiger partial charge in [-0.2, -0.15) is 0 Å². The molecule has 2 aliphatic carbocycles. The van der Waals surface area contributed by atoms with Crippen molar-refractivity contribution in [3.63, 3.8) is 0 Å². The maximum Gasteiger partial charge on any atom is 0.419 e. The molecule has 0 saturated carbocycles. The molecule has 10 nitrogen and oxygen atoms in total. The van der Waals surface area contributed by atoms with E-state index >= 15 is 0 Å². The van der Waals surface area contributed by atoms with E-state index in [2.05, 4.69) is 0 Å². The van der Waals surface area contributed by atoms with Crippen LogP contribution in [0.1, 0.15) is 62.3 Å². The lowest BCUT2D eigenvalue weighted by atomic mass is 10.1. The van der Waals surface area contributed by atoms with Crippen LogP contribution >= 0.6 is 22.7 Å². The number of allylic oxidation sites excluding steroid dienone is 2. The molecule has 2 aliphatic rings. The zero-order valence-corrected chi connectivity index (χ0v) is 35.1. The molecule has 0 unspecified atom stereocenters. The lowest BCUT2D eigenvalue weighted by Gasteiger charge is -2.09. The number of carbonyl (C=O) groups is 6.